The summed E-state index contributed by atoms with van der Waals surface area (Å²) in [6.45, 7) is -1.47. The summed E-state index contributed by atoms with van der Waals surface area (Å²) in [5, 5.41) is 77.5. The third-order valence-corrected chi connectivity index (χ3v) is 4.82. The molecule has 0 aliphatic carbocycles. The van der Waals surface area contributed by atoms with Gasteiger partial charge in [-0.1, -0.05) is 18.2 Å². The van der Waals surface area contributed by atoms with Gasteiger partial charge in [-0.05, 0) is 12.1 Å². The maximum Gasteiger partial charge on any atom is 0.187 e. The molecule has 2 aromatic rings. The monoisotopic (exact) mass is 427 g/mol. The minimum atomic E-state index is -1.75. The summed E-state index contributed by atoms with van der Waals surface area (Å²) >= 11 is 0. The molecule has 1 aromatic carbocycles. The molecular weight excluding hydrogens is 402 g/mol. The van der Waals surface area contributed by atoms with E-state index >= 15 is 0 Å². The van der Waals surface area contributed by atoms with Crippen LogP contribution in [0.3, 0.4) is 0 Å². The molecule has 0 bridgehead atoms. The van der Waals surface area contributed by atoms with Crippen LogP contribution in [0.5, 0.6) is 0 Å². The van der Waals surface area contributed by atoms with Crippen LogP contribution in [0, 0.1) is 0 Å². The van der Waals surface area contributed by atoms with Gasteiger partial charge in [0, 0.05) is 0 Å². The molecule has 7 N–H and O–H groups in total. The van der Waals surface area contributed by atoms with Crippen LogP contribution in [0.4, 0.5) is 0 Å². The first-order valence-electron chi connectivity index (χ1n) is 9.28. The summed E-state index contributed by atoms with van der Waals surface area (Å²) in [4.78, 5) is 1.24. The highest BCUT2D eigenvalue weighted by Crippen LogP contribution is 2.28. The van der Waals surface area contributed by atoms with Gasteiger partial charge < -0.3 is 45.2 Å². The first kappa shape index (κ1) is 22.7. The highest BCUT2D eigenvalue weighted by atomic mass is 16.7. The normalized spacial score (nSPS) is 30.0. The van der Waals surface area contributed by atoms with Crippen LogP contribution in [-0.4, -0.2) is 107 Å². The van der Waals surface area contributed by atoms with E-state index in [4.69, 9.17) is 9.47 Å². The van der Waals surface area contributed by atoms with E-state index in [2.05, 4.69) is 10.2 Å². The molecule has 0 spiro atoms. The Labute approximate surface area is 171 Å². The molecule has 0 amide bonds. The summed E-state index contributed by atoms with van der Waals surface area (Å²) in [5.41, 5.74) is 0.617. The maximum absolute atomic E-state index is 10.7. The Balaban J connectivity index is 1.80. The van der Waals surface area contributed by atoms with Crippen molar-refractivity contribution in [2.24, 2.45) is 0 Å². The zero-order valence-corrected chi connectivity index (χ0v) is 15.8. The van der Waals surface area contributed by atoms with E-state index in [1.54, 1.807) is 24.3 Å². The minimum Gasteiger partial charge on any atom is -0.394 e. The van der Waals surface area contributed by atoms with Crippen molar-refractivity contribution < 1.29 is 45.2 Å². The highest BCUT2D eigenvalue weighted by molar-refractivity contribution is 5.28. The number of aliphatic hydroxyl groups is 7. The van der Waals surface area contributed by atoms with Crippen LogP contribution >= 0.6 is 0 Å². The Kier molecular flexibility index (Phi) is 7.46. The van der Waals surface area contributed by atoms with Crippen molar-refractivity contribution in [3.63, 3.8) is 0 Å². The van der Waals surface area contributed by atoms with Gasteiger partial charge in [0.05, 0.1) is 25.1 Å². The van der Waals surface area contributed by atoms with E-state index in [0.29, 0.717) is 5.69 Å². The van der Waals surface area contributed by atoms with Crippen LogP contribution in [0.1, 0.15) is 11.8 Å². The molecular formula is C18H25N3O9. The van der Waals surface area contributed by atoms with Crippen molar-refractivity contribution in [3.8, 4) is 5.69 Å². The van der Waals surface area contributed by atoms with Gasteiger partial charge in [0.1, 0.15) is 48.4 Å². The van der Waals surface area contributed by atoms with Gasteiger partial charge in [-0.2, -0.15) is 15.0 Å². The molecule has 166 valence electrons. The van der Waals surface area contributed by atoms with Gasteiger partial charge >= 0.3 is 0 Å². The topological polar surface area (TPSA) is 191 Å². The quantitative estimate of drug-likeness (QED) is 0.225. The average Bonchev–Trinajstić information content (AvgIpc) is 3.27. The molecule has 1 aliphatic heterocycles. The number of rotatable bonds is 8. The second-order valence-electron chi connectivity index (χ2n) is 6.89. The summed E-state index contributed by atoms with van der Waals surface area (Å²) in [5.74, 6) is 0. The fourth-order valence-electron chi connectivity index (χ4n) is 3.08. The molecule has 0 radical (unpaired) electrons. The van der Waals surface area contributed by atoms with Crippen molar-refractivity contribution >= 4 is 0 Å². The van der Waals surface area contributed by atoms with Crippen molar-refractivity contribution in [2.45, 2.75) is 49.0 Å². The number of hydrogen-bond donors (Lipinski definition) is 7. The number of aliphatic hydroxyl groups excluding tert-OH is 7. The van der Waals surface area contributed by atoms with E-state index in [1.165, 1.54) is 11.0 Å². The number of aromatic nitrogens is 3. The largest absolute Gasteiger partial charge is 0.394 e. The Hall–Kier alpha value is -2.00. The van der Waals surface area contributed by atoms with Crippen molar-refractivity contribution in [3.05, 3.63) is 42.2 Å². The van der Waals surface area contributed by atoms with Gasteiger partial charge in [-0.3, -0.25) is 0 Å². The molecule has 12 heteroatoms. The average molecular weight is 427 g/mol. The van der Waals surface area contributed by atoms with Crippen molar-refractivity contribution in [2.75, 3.05) is 13.2 Å². The zero-order chi connectivity index (χ0) is 21.8. The highest BCUT2D eigenvalue weighted by Gasteiger charge is 2.46. The number of hydrogen-bond acceptors (Lipinski definition) is 11. The first-order chi connectivity index (χ1) is 14.4. The molecule has 0 saturated carbocycles. The number of ether oxygens (including phenoxy) is 2. The van der Waals surface area contributed by atoms with Crippen LogP contribution in [0.15, 0.2) is 36.5 Å². The molecule has 30 heavy (non-hydrogen) atoms. The van der Waals surface area contributed by atoms with Gasteiger partial charge in [0.15, 0.2) is 6.29 Å². The van der Waals surface area contributed by atoms with Crippen molar-refractivity contribution in [1.82, 2.24) is 15.0 Å². The predicted octanol–water partition coefficient (Wildman–Crippen LogP) is -3.16. The smallest absolute Gasteiger partial charge is 0.187 e. The SMILES string of the molecule is OC[C@@H](O)[C@H](O[C@H]1O[C@@H](CO)[C@@H](O)[C@@H](O)[C@H]1O)[C@H](O)c1cnn(-c2ccccc2)n1. The lowest BCUT2D eigenvalue weighted by Gasteiger charge is -2.41. The summed E-state index contributed by atoms with van der Waals surface area (Å²) in [6, 6.07) is 8.83. The lowest BCUT2D eigenvalue weighted by atomic mass is 9.99. The van der Waals surface area contributed by atoms with E-state index in [0.717, 1.165) is 0 Å². The lowest BCUT2D eigenvalue weighted by molar-refractivity contribution is -0.325. The Morgan fingerprint density at radius 3 is 2.37 bits per heavy atom. The molecule has 12 nitrogen and oxygen atoms in total. The molecule has 1 fully saturated rings. The fourth-order valence-corrected chi connectivity index (χ4v) is 3.08. The standard InChI is InChI=1S/C18H25N3O9/c22-7-11(24)17(30-18-16(28)15(27)14(26)12(8-23)29-18)13(25)10-6-19-21(20-10)9-4-2-1-3-5-9/h1-6,11-18,22-28H,7-8H2/t11-,12+,13-,14-,15-,16-,17+,18-/m1/s1. The van der Waals surface area contributed by atoms with Gasteiger partial charge in [0.25, 0.3) is 0 Å². The molecule has 2 heterocycles. The third kappa shape index (κ3) is 4.67. The Bertz CT molecular complexity index is 790. The van der Waals surface area contributed by atoms with Crippen LogP contribution in [0.2, 0.25) is 0 Å². The van der Waals surface area contributed by atoms with Crippen LogP contribution in [-0.2, 0) is 9.47 Å². The third-order valence-electron chi connectivity index (χ3n) is 4.82. The maximum atomic E-state index is 10.7. The summed E-state index contributed by atoms with van der Waals surface area (Å²) in [6.07, 6.45) is -11.4. The van der Waals surface area contributed by atoms with Crippen LogP contribution < -0.4 is 0 Å². The van der Waals surface area contributed by atoms with Crippen LogP contribution in [0.25, 0.3) is 5.69 Å². The van der Waals surface area contributed by atoms with E-state index in [9.17, 15) is 35.7 Å². The molecule has 1 aliphatic rings. The molecule has 3 rings (SSSR count). The zero-order valence-electron chi connectivity index (χ0n) is 15.8. The fraction of sp³-hybridized carbons (Fsp3) is 0.556. The number of nitrogens with zero attached hydrogens (tertiary/aromatic N) is 3. The van der Waals surface area contributed by atoms with Crippen molar-refractivity contribution in [1.29, 1.82) is 0 Å². The van der Waals surface area contributed by atoms with E-state index in [1.807, 2.05) is 6.07 Å². The van der Waals surface area contributed by atoms with Gasteiger partial charge in [-0.15, -0.1) is 0 Å². The molecule has 1 aromatic heterocycles. The second-order valence-corrected chi connectivity index (χ2v) is 6.89. The van der Waals surface area contributed by atoms with Gasteiger partial charge in [-0.25, -0.2) is 0 Å². The number of para-hydroxylation sites is 1. The second kappa shape index (κ2) is 9.87. The minimum absolute atomic E-state index is 0.000874. The van der Waals surface area contributed by atoms with E-state index in [-0.39, 0.29) is 5.69 Å². The van der Waals surface area contributed by atoms with E-state index < -0.39 is 62.2 Å². The predicted molar refractivity (Wildman–Crippen MR) is 98.1 cm³/mol. The summed E-state index contributed by atoms with van der Waals surface area (Å²) < 4.78 is 10.7. The van der Waals surface area contributed by atoms with Gasteiger partial charge in [0.2, 0.25) is 0 Å². The number of benzene rings is 1. The molecule has 8 atom stereocenters. The molecule has 1 saturated heterocycles. The lowest BCUT2D eigenvalue weighted by Crippen LogP contribution is -2.60. The Morgan fingerprint density at radius 1 is 1.03 bits per heavy atom. The first-order valence-corrected chi connectivity index (χ1v) is 9.28. The Morgan fingerprint density at radius 2 is 1.73 bits per heavy atom. The molecule has 0 unspecified atom stereocenters. The summed E-state index contributed by atoms with van der Waals surface area (Å²) in [7, 11) is 0.